The standard InChI is InChI=1S/C22H17ClN2O2S/c1-28-18-12-6-11-17(23)19(18)21(26)25-22(27)24-20-15-9-4-2-7-13(15)14-8-3-5-10-16(14)20/h2-12,20H,1H3,(H2,24,25,26,27). The minimum atomic E-state index is -0.562. The average molecular weight is 409 g/mol. The van der Waals surface area contributed by atoms with Gasteiger partial charge in [0.25, 0.3) is 5.91 Å². The summed E-state index contributed by atoms with van der Waals surface area (Å²) >= 11 is 7.59. The van der Waals surface area contributed by atoms with E-state index < -0.39 is 11.9 Å². The Balaban J connectivity index is 1.58. The molecule has 4 rings (SSSR count). The number of hydrogen-bond donors (Lipinski definition) is 2. The molecule has 0 saturated carbocycles. The molecule has 2 N–H and O–H groups in total. The van der Waals surface area contributed by atoms with Crippen molar-refractivity contribution in [3.63, 3.8) is 0 Å². The number of urea groups is 1. The molecule has 1 aliphatic rings. The predicted octanol–water partition coefficient (Wildman–Crippen LogP) is 5.27. The highest BCUT2D eigenvalue weighted by Gasteiger charge is 2.29. The summed E-state index contributed by atoms with van der Waals surface area (Å²) in [5.74, 6) is -0.521. The maximum Gasteiger partial charge on any atom is 0.322 e. The normalized spacial score (nSPS) is 12.2. The van der Waals surface area contributed by atoms with Crippen molar-refractivity contribution in [1.29, 1.82) is 0 Å². The number of imide groups is 1. The maximum atomic E-state index is 12.7. The summed E-state index contributed by atoms with van der Waals surface area (Å²) in [5, 5.41) is 5.66. The van der Waals surface area contributed by atoms with Crippen LogP contribution in [0.25, 0.3) is 11.1 Å². The van der Waals surface area contributed by atoms with Crippen LogP contribution >= 0.6 is 23.4 Å². The van der Waals surface area contributed by atoms with E-state index in [0.717, 1.165) is 22.3 Å². The molecule has 0 bridgehead atoms. The summed E-state index contributed by atoms with van der Waals surface area (Å²) in [6, 6.07) is 20.2. The van der Waals surface area contributed by atoms with E-state index >= 15 is 0 Å². The van der Waals surface area contributed by atoms with E-state index in [0.29, 0.717) is 15.5 Å². The van der Waals surface area contributed by atoms with Gasteiger partial charge in [-0.1, -0.05) is 66.2 Å². The number of hydrogen-bond acceptors (Lipinski definition) is 3. The summed E-state index contributed by atoms with van der Waals surface area (Å²) in [5.41, 5.74) is 4.50. The van der Waals surface area contributed by atoms with Crippen molar-refractivity contribution in [3.05, 3.63) is 88.4 Å². The molecule has 3 amide bonds. The first-order valence-corrected chi connectivity index (χ1v) is 10.3. The molecule has 0 fully saturated rings. The largest absolute Gasteiger partial charge is 0.327 e. The third-order valence-electron chi connectivity index (χ3n) is 4.76. The zero-order valence-electron chi connectivity index (χ0n) is 15.0. The Labute approximate surface area is 172 Å². The predicted molar refractivity (Wildman–Crippen MR) is 113 cm³/mol. The lowest BCUT2D eigenvalue weighted by molar-refractivity contribution is 0.0961. The smallest absolute Gasteiger partial charge is 0.322 e. The van der Waals surface area contributed by atoms with Gasteiger partial charge in [-0.05, 0) is 40.6 Å². The van der Waals surface area contributed by atoms with E-state index in [4.69, 9.17) is 11.6 Å². The van der Waals surface area contributed by atoms with Gasteiger partial charge in [-0.25, -0.2) is 4.79 Å². The van der Waals surface area contributed by atoms with Crippen LogP contribution in [0.1, 0.15) is 27.5 Å². The van der Waals surface area contributed by atoms with Gasteiger partial charge in [0.05, 0.1) is 16.6 Å². The van der Waals surface area contributed by atoms with Gasteiger partial charge in [-0.15, -0.1) is 11.8 Å². The lowest BCUT2D eigenvalue weighted by Crippen LogP contribution is -2.41. The summed E-state index contributed by atoms with van der Waals surface area (Å²) in [6.45, 7) is 0. The van der Waals surface area contributed by atoms with Crippen LogP contribution in [-0.2, 0) is 0 Å². The molecule has 0 unspecified atom stereocenters. The summed E-state index contributed by atoms with van der Waals surface area (Å²) < 4.78 is 0. The number of halogens is 1. The van der Waals surface area contributed by atoms with Crippen molar-refractivity contribution in [3.8, 4) is 11.1 Å². The average Bonchev–Trinajstić information content (AvgIpc) is 3.01. The number of nitrogens with one attached hydrogen (secondary N) is 2. The first-order valence-electron chi connectivity index (χ1n) is 8.72. The molecule has 0 spiro atoms. The van der Waals surface area contributed by atoms with Gasteiger partial charge in [0.1, 0.15) is 0 Å². The number of benzene rings is 3. The van der Waals surface area contributed by atoms with Crippen molar-refractivity contribution >= 4 is 35.3 Å². The summed E-state index contributed by atoms with van der Waals surface area (Å²) in [6.07, 6.45) is 1.86. The molecule has 28 heavy (non-hydrogen) atoms. The van der Waals surface area contributed by atoms with Crippen molar-refractivity contribution in [2.24, 2.45) is 0 Å². The Morgan fingerprint density at radius 3 is 2.11 bits per heavy atom. The van der Waals surface area contributed by atoms with Crippen LogP contribution in [0.3, 0.4) is 0 Å². The molecule has 140 valence electrons. The number of thioether (sulfide) groups is 1. The van der Waals surface area contributed by atoms with Gasteiger partial charge in [0.15, 0.2) is 0 Å². The minimum Gasteiger partial charge on any atom is -0.327 e. The molecule has 0 aliphatic heterocycles. The third-order valence-corrected chi connectivity index (χ3v) is 5.85. The van der Waals surface area contributed by atoms with Crippen molar-refractivity contribution < 1.29 is 9.59 Å². The van der Waals surface area contributed by atoms with Gasteiger partial charge in [0, 0.05) is 4.90 Å². The number of carbonyl (C=O) groups excluding carboxylic acids is 2. The van der Waals surface area contributed by atoms with Crippen LogP contribution in [0.4, 0.5) is 4.79 Å². The van der Waals surface area contributed by atoms with Crippen LogP contribution in [0.5, 0.6) is 0 Å². The second-order valence-corrected chi connectivity index (χ2v) is 7.61. The Bertz CT molecular complexity index is 1040. The van der Waals surface area contributed by atoms with E-state index in [9.17, 15) is 9.59 Å². The van der Waals surface area contributed by atoms with E-state index in [1.54, 1.807) is 18.2 Å². The van der Waals surface area contributed by atoms with E-state index in [1.807, 2.05) is 54.8 Å². The fourth-order valence-electron chi connectivity index (χ4n) is 3.54. The molecule has 0 saturated heterocycles. The molecule has 3 aromatic rings. The molecule has 3 aromatic carbocycles. The fourth-order valence-corrected chi connectivity index (χ4v) is 4.48. The van der Waals surface area contributed by atoms with Crippen LogP contribution in [0.15, 0.2) is 71.6 Å². The van der Waals surface area contributed by atoms with Crippen LogP contribution in [0.2, 0.25) is 5.02 Å². The van der Waals surface area contributed by atoms with Crippen LogP contribution in [-0.4, -0.2) is 18.2 Å². The lowest BCUT2D eigenvalue weighted by Gasteiger charge is -2.17. The van der Waals surface area contributed by atoms with Gasteiger partial charge >= 0.3 is 6.03 Å². The molecule has 0 radical (unpaired) electrons. The highest BCUT2D eigenvalue weighted by Crippen LogP contribution is 2.42. The maximum absolute atomic E-state index is 12.7. The van der Waals surface area contributed by atoms with Gasteiger partial charge in [0.2, 0.25) is 0 Å². The van der Waals surface area contributed by atoms with Crippen LogP contribution in [0, 0.1) is 0 Å². The third kappa shape index (κ3) is 3.28. The van der Waals surface area contributed by atoms with E-state index in [2.05, 4.69) is 10.6 Å². The summed E-state index contributed by atoms with van der Waals surface area (Å²) in [4.78, 5) is 26.0. The highest BCUT2D eigenvalue weighted by atomic mass is 35.5. The van der Waals surface area contributed by atoms with E-state index in [-0.39, 0.29) is 6.04 Å². The monoisotopic (exact) mass is 408 g/mol. The molecular weight excluding hydrogens is 392 g/mol. The van der Waals surface area contributed by atoms with E-state index in [1.165, 1.54) is 11.8 Å². The quantitative estimate of drug-likeness (QED) is 0.580. The first kappa shape index (κ1) is 18.6. The number of fused-ring (bicyclic) bond motifs is 3. The molecular formula is C22H17ClN2O2S. The first-order chi connectivity index (χ1) is 13.6. The zero-order chi connectivity index (χ0) is 19.7. The van der Waals surface area contributed by atoms with Crippen molar-refractivity contribution in [1.82, 2.24) is 10.6 Å². The highest BCUT2D eigenvalue weighted by molar-refractivity contribution is 7.98. The zero-order valence-corrected chi connectivity index (χ0v) is 16.6. The van der Waals surface area contributed by atoms with Crippen molar-refractivity contribution in [2.45, 2.75) is 10.9 Å². The minimum absolute atomic E-state index is 0.305. The molecule has 0 aromatic heterocycles. The van der Waals surface area contributed by atoms with Gasteiger partial charge in [-0.2, -0.15) is 0 Å². The SMILES string of the molecule is CSc1cccc(Cl)c1C(=O)NC(=O)NC1c2ccccc2-c2ccccc21. The lowest BCUT2D eigenvalue weighted by atomic mass is 10.1. The molecule has 0 atom stereocenters. The summed E-state index contributed by atoms with van der Waals surface area (Å²) in [7, 11) is 0. The van der Waals surface area contributed by atoms with Crippen LogP contribution < -0.4 is 10.6 Å². The fraction of sp³-hybridized carbons (Fsp3) is 0.0909. The molecule has 0 heterocycles. The van der Waals surface area contributed by atoms with Gasteiger partial charge < -0.3 is 5.32 Å². The molecule has 4 nitrogen and oxygen atoms in total. The molecule has 6 heteroatoms. The number of amides is 3. The number of carbonyl (C=O) groups is 2. The second-order valence-electron chi connectivity index (χ2n) is 6.35. The Morgan fingerprint density at radius 2 is 1.50 bits per heavy atom. The topological polar surface area (TPSA) is 58.2 Å². The number of rotatable bonds is 3. The Hall–Kier alpha value is -2.76. The molecule has 1 aliphatic carbocycles. The van der Waals surface area contributed by atoms with Crippen molar-refractivity contribution in [2.75, 3.05) is 6.26 Å². The Morgan fingerprint density at radius 1 is 0.893 bits per heavy atom. The van der Waals surface area contributed by atoms with Gasteiger partial charge in [-0.3, -0.25) is 10.1 Å². The second kappa shape index (κ2) is 7.70. The Kier molecular flexibility index (Phi) is 5.11.